The van der Waals surface area contributed by atoms with Crippen molar-refractivity contribution in [3.8, 4) is 0 Å². The van der Waals surface area contributed by atoms with Crippen LogP contribution in [0.2, 0.25) is 10.0 Å². The van der Waals surface area contributed by atoms with Crippen LogP contribution in [0, 0.1) is 0 Å². The molecule has 0 aliphatic heterocycles. The van der Waals surface area contributed by atoms with Crippen LogP contribution in [0.15, 0.2) is 24.4 Å². The van der Waals surface area contributed by atoms with Gasteiger partial charge in [-0.25, -0.2) is 4.98 Å². The number of hydrogen-bond acceptors (Lipinski definition) is 5. The summed E-state index contributed by atoms with van der Waals surface area (Å²) in [5, 5.41) is 4.43. The number of amides is 1. The second-order valence-electron chi connectivity index (χ2n) is 4.68. The Kier molecular flexibility index (Phi) is 7.26. The number of ether oxygens (including phenoxy) is 2. The number of halogens is 2. The van der Waals surface area contributed by atoms with Crippen LogP contribution in [-0.4, -0.2) is 37.8 Å². The molecule has 1 aromatic carbocycles. The summed E-state index contributed by atoms with van der Waals surface area (Å²) in [5.74, 6) is -0.243. The largest absolute Gasteiger partial charge is 0.382 e. The van der Waals surface area contributed by atoms with Gasteiger partial charge in [-0.2, -0.15) is 0 Å². The van der Waals surface area contributed by atoms with Crippen LogP contribution in [0.1, 0.15) is 10.4 Å². The first kappa shape index (κ1) is 18.2. The smallest absolute Gasteiger partial charge is 0.252 e. The number of methoxy groups -OCH3 is 1. The standard InChI is InChI=1S/C15H16Cl2N2O3S/c1-21-2-3-22-9-14(20)19-15-18-8-13(23-15)6-10-4-11(16)7-12(17)5-10/h4-5,7-8H,2-3,6,9H2,1H3,(H,18,19,20). The number of benzene rings is 1. The number of aromatic nitrogens is 1. The highest BCUT2D eigenvalue weighted by atomic mass is 35.5. The van der Waals surface area contributed by atoms with E-state index in [1.807, 2.05) is 12.1 Å². The van der Waals surface area contributed by atoms with Crippen LogP contribution in [0.3, 0.4) is 0 Å². The predicted octanol–water partition coefficient (Wildman–Crippen LogP) is 3.64. The van der Waals surface area contributed by atoms with Crippen molar-refractivity contribution in [2.45, 2.75) is 6.42 Å². The number of rotatable bonds is 8. The van der Waals surface area contributed by atoms with Gasteiger partial charge in [0.05, 0.1) is 13.2 Å². The molecular formula is C15H16Cl2N2O3S. The minimum absolute atomic E-state index is 0.0256. The average molecular weight is 375 g/mol. The van der Waals surface area contributed by atoms with Crippen LogP contribution < -0.4 is 5.32 Å². The summed E-state index contributed by atoms with van der Waals surface area (Å²) in [5.41, 5.74) is 0.993. The number of hydrogen-bond donors (Lipinski definition) is 1. The summed E-state index contributed by atoms with van der Waals surface area (Å²) in [7, 11) is 1.58. The van der Waals surface area contributed by atoms with E-state index in [0.717, 1.165) is 10.4 Å². The molecule has 0 fully saturated rings. The first-order valence-electron chi connectivity index (χ1n) is 6.83. The average Bonchev–Trinajstić information content (AvgIpc) is 2.89. The maximum absolute atomic E-state index is 11.7. The van der Waals surface area contributed by atoms with Gasteiger partial charge < -0.3 is 9.47 Å². The van der Waals surface area contributed by atoms with E-state index < -0.39 is 0 Å². The monoisotopic (exact) mass is 374 g/mol. The Balaban J connectivity index is 1.86. The van der Waals surface area contributed by atoms with Crippen molar-refractivity contribution < 1.29 is 14.3 Å². The molecule has 8 heteroatoms. The predicted molar refractivity (Wildman–Crippen MR) is 92.7 cm³/mol. The second-order valence-corrected chi connectivity index (χ2v) is 6.67. The molecule has 124 valence electrons. The molecule has 23 heavy (non-hydrogen) atoms. The Labute approximate surface area is 148 Å². The van der Waals surface area contributed by atoms with Crippen molar-refractivity contribution in [2.24, 2.45) is 0 Å². The Bertz CT molecular complexity index is 644. The number of carbonyl (C=O) groups is 1. The van der Waals surface area contributed by atoms with E-state index in [9.17, 15) is 4.79 Å². The summed E-state index contributed by atoms with van der Waals surface area (Å²) in [6, 6.07) is 5.40. The van der Waals surface area contributed by atoms with E-state index in [1.165, 1.54) is 11.3 Å². The summed E-state index contributed by atoms with van der Waals surface area (Å²) in [6.07, 6.45) is 2.37. The Morgan fingerprint density at radius 1 is 1.26 bits per heavy atom. The molecule has 0 saturated heterocycles. The van der Waals surface area contributed by atoms with Gasteiger partial charge >= 0.3 is 0 Å². The van der Waals surface area contributed by atoms with Crippen molar-refractivity contribution in [3.05, 3.63) is 44.9 Å². The second kappa shape index (κ2) is 9.20. The lowest BCUT2D eigenvalue weighted by Gasteiger charge is -2.03. The molecule has 5 nitrogen and oxygen atoms in total. The van der Waals surface area contributed by atoms with Crippen LogP contribution in [0.5, 0.6) is 0 Å². The van der Waals surface area contributed by atoms with Gasteiger partial charge in [0.15, 0.2) is 5.13 Å². The highest BCUT2D eigenvalue weighted by Gasteiger charge is 2.08. The molecule has 0 unspecified atom stereocenters. The molecule has 2 aromatic rings. The van der Waals surface area contributed by atoms with Crippen molar-refractivity contribution in [1.82, 2.24) is 4.98 Å². The van der Waals surface area contributed by atoms with Crippen molar-refractivity contribution in [3.63, 3.8) is 0 Å². The van der Waals surface area contributed by atoms with Gasteiger partial charge in [0.2, 0.25) is 0 Å². The molecule has 0 atom stereocenters. The number of thiazole rings is 1. The Morgan fingerprint density at radius 2 is 2.00 bits per heavy atom. The minimum atomic E-state index is -0.243. The lowest BCUT2D eigenvalue weighted by atomic mass is 10.1. The Hall–Kier alpha value is -1.18. The maximum Gasteiger partial charge on any atom is 0.252 e. The van der Waals surface area contributed by atoms with Crippen LogP contribution >= 0.6 is 34.5 Å². The zero-order valence-corrected chi connectivity index (χ0v) is 14.8. The number of nitrogens with zero attached hydrogens (tertiary/aromatic N) is 1. The molecule has 0 aliphatic carbocycles. The zero-order chi connectivity index (χ0) is 16.7. The van der Waals surface area contributed by atoms with E-state index in [1.54, 1.807) is 19.4 Å². The molecule has 0 aliphatic rings. The highest BCUT2D eigenvalue weighted by Crippen LogP contribution is 2.25. The van der Waals surface area contributed by atoms with Gasteiger partial charge in [-0.3, -0.25) is 10.1 Å². The molecule has 1 amide bonds. The van der Waals surface area contributed by atoms with Crippen molar-refractivity contribution >= 4 is 45.6 Å². The third-order valence-electron chi connectivity index (χ3n) is 2.77. The number of carbonyl (C=O) groups excluding carboxylic acids is 1. The lowest BCUT2D eigenvalue weighted by molar-refractivity contribution is -0.121. The van der Waals surface area contributed by atoms with E-state index in [-0.39, 0.29) is 12.5 Å². The first-order valence-corrected chi connectivity index (χ1v) is 8.40. The van der Waals surface area contributed by atoms with Crippen molar-refractivity contribution in [2.75, 3.05) is 32.2 Å². The minimum Gasteiger partial charge on any atom is -0.382 e. The molecule has 0 bridgehead atoms. The molecule has 0 radical (unpaired) electrons. The molecular weight excluding hydrogens is 359 g/mol. The van der Waals surface area contributed by atoms with Crippen molar-refractivity contribution in [1.29, 1.82) is 0 Å². The van der Waals surface area contributed by atoms with Gasteiger partial charge in [-0.05, 0) is 23.8 Å². The van der Waals surface area contributed by atoms with E-state index in [2.05, 4.69) is 10.3 Å². The topological polar surface area (TPSA) is 60.5 Å². The fourth-order valence-corrected chi connectivity index (χ4v) is 3.26. The third kappa shape index (κ3) is 6.45. The van der Waals surface area contributed by atoms with Gasteiger partial charge in [-0.1, -0.05) is 23.2 Å². The molecule has 1 heterocycles. The van der Waals surface area contributed by atoms with Gasteiger partial charge in [-0.15, -0.1) is 11.3 Å². The number of anilines is 1. The van der Waals surface area contributed by atoms with E-state index in [0.29, 0.717) is 34.8 Å². The van der Waals surface area contributed by atoms with Gasteiger partial charge in [0.25, 0.3) is 5.91 Å². The molecule has 1 aromatic heterocycles. The first-order chi connectivity index (χ1) is 11.1. The van der Waals surface area contributed by atoms with E-state index >= 15 is 0 Å². The number of nitrogens with one attached hydrogen (secondary N) is 1. The molecule has 1 N–H and O–H groups in total. The fraction of sp³-hybridized carbons (Fsp3) is 0.333. The normalized spacial score (nSPS) is 10.7. The molecule has 0 saturated carbocycles. The lowest BCUT2D eigenvalue weighted by Crippen LogP contribution is -2.19. The molecule has 0 spiro atoms. The van der Waals surface area contributed by atoms with Crippen LogP contribution in [0.4, 0.5) is 5.13 Å². The van der Waals surface area contributed by atoms with Gasteiger partial charge in [0, 0.05) is 34.6 Å². The van der Waals surface area contributed by atoms with E-state index in [4.69, 9.17) is 32.7 Å². The summed E-state index contributed by atoms with van der Waals surface area (Å²) in [6.45, 7) is 0.807. The quantitative estimate of drug-likeness (QED) is 0.716. The Morgan fingerprint density at radius 3 is 2.70 bits per heavy atom. The van der Waals surface area contributed by atoms with Gasteiger partial charge in [0.1, 0.15) is 6.61 Å². The summed E-state index contributed by atoms with van der Waals surface area (Å²) < 4.78 is 9.98. The molecule has 2 rings (SSSR count). The zero-order valence-electron chi connectivity index (χ0n) is 12.5. The fourth-order valence-electron chi connectivity index (χ4n) is 1.82. The third-order valence-corrected chi connectivity index (χ3v) is 4.11. The van der Waals surface area contributed by atoms with Crippen LogP contribution in [0.25, 0.3) is 0 Å². The summed E-state index contributed by atoms with van der Waals surface area (Å²) >= 11 is 13.4. The maximum atomic E-state index is 11.7. The van der Waals surface area contributed by atoms with Crippen LogP contribution in [-0.2, 0) is 20.7 Å². The summed E-state index contributed by atoms with van der Waals surface area (Å²) in [4.78, 5) is 16.9. The highest BCUT2D eigenvalue weighted by molar-refractivity contribution is 7.15. The SMILES string of the molecule is COCCOCC(=O)Nc1ncc(Cc2cc(Cl)cc(Cl)c2)s1.